The Morgan fingerprint density at radius 2 is 2.07 bits per heavy atom. The Hall–Kier alpha value is -3.19. The first-order valence-electron chi connectivity index (χ1n) is 8.70. The number of benzene rings is 2. The summed E-state index contributed by atoms with van der Waals surface area (Å²) in [7, 11) is 1.94. The second-order valence-electron chi connectivity index (χ2n) is 6.47. The number of aromatic nitrogens is 2. The standard InChI is InChI=1S/C20H18ClFN6/c1-28-16-4-2-3-15(22)17(16)26-19(28)13-7-5-12(6-8-13)10-24-18-14(9-23)11-25-20(21)27-18/h2-9,11,19,23,26H,10H2,1H3,(H,24,25,27). The van der Waals surface area contributed by atoms with E-state index in [0.29, 0.717) is 23.6 Å². The summed E-state index contributed by atoms with van der Waals surface area (Å²) in [5, 5.41) is 14.0. The van der Waals surface area contributed by atoms with Crippen LogP contribution in [-0.2, 0) is 6.54 Å². The van der Waals surface area contributed by atoms with Gasteiger partial charge >= 0.3 is 0 Å². The summed E-state index contributed by atoms with van der Waals surface area (Å²) >= 11 is 5.84. The number of rotatable bonds is 5. The van der Waals surface area contributed by atoms with E-state index in [4.69, 9.17) is 17.0 Å². The maximum Gasteiger partial charge on any atom is 0.224 e. The smallest absolute Gasteiger partial charge is 0.224 e. The molecule has 1 aliphatic heterocycles. The average molecular weight is 397 g/mol. The highest BCUT2D eigenvalue weighted by molar-refractivity contribution is 6.28. The van der Waals surface area contributed by atoms with Crippen LogP contribution in [0, 0.1) is 11.2 Å². The van der Waals surface area contributed by atoms with Gasteiger partial charge in [0.05, 0.1) is 16.9 Å². The molecule has 0 aliphatic carbocycles. The minimum Gasteiger partial charge on any atom is -0.365 e. The number of hydrogen-bond acceptors (Lipinski definition) is 6. The molecule has 1 atom stereocenters. The van der Waals surface area contributed by atoms with Crippen LogP contribution in [0.15, 0.2) is 48.7 Å². The van der Waals surface area contributed by atoms with Crippen molar-refractivity contribution in [2.24, 2.45) is 0 Å². The average Bonchev–Trinajstić information content (AvgIpc) is 3.05. The van der Waals surface area contributed by atoms with Gasteiger partial charge in [0.1, 0.15) is 17.8 Å². The van der Waals surface area contributed by atoms with E-state index < -0.39 is 0 Å². The van der Waals surface area contributed by atoms with Gasteiger partial charge in [-0.15, -0.1) is 0 Å². The summed E-state index contributed by atoms with van der Waals surface area (Å²) in [6.45, 7) is 0.525. The molecular formula is C20H18ClFN6. The Labute approximate surface area is 166 Å². The molecule has 0 bridgehead atoms. The lowest BCUT2D eigenvalue weighted by Crippen LogP contribution is -2.23. The molecule has 1 aliphatic rings. The molecule has 0 spiro atoms. The monoisotopic (exact) mass is 396 g/mol. The van der Waals surface area contributed by atoms with Gasteiger partial charge in [-0.05, 0) is 34.9 Å². The summed E-state index contributed by atoms with van der Waals surface area (Å²) < 4.78 is 14.0. The van der Waals surface area contributed by atoms with Crippen LogP contribution < -0.4 is 15.5 Å². The van der Waals surface area contributed by atoms with Gasteiger partial charge in [-0.1, -0.05) is 30.3 Å². The fourth-order valence-electron chi connectivity index (χ4n) is 3.25. The zero-order chi connectivity index (χ0) is 19.7. The van der Waals surface area contributed by atoms with Crippen molar-refractivity contribution in [3.05, 3.63) is 76.5 Å². The van der Waals surface area contributed by atoms with E-state index in [2.05, 4.69) is 20.6 Å². The molecule has 6 nitrogen and oxygen atoms in total. The number of nitrogens with zero attached hydrogens (tertiary/aromatic N) is 3. The minimum atomic E-state index is -0.252. The van der Waals surface area contributed by atoms with Gasteiger partial charge < -0.3 is 20.9 Å². The molecule has 1 unspecified atom stereocenters. The highest BCUT2D eigenvalue weighted by Crippen LogP contribution is 2.41. The Bertz CT molecular complexity index is 1020. The lowest BCUT2D eigenvalue weighted by molar-refractivity contribution is 0.631. The summed E-state index contributed by atoms with van der Waals surface area (Å²) in [4.78, 5) is 10.0. The van der Waals surface area contributed by atoms with Crippen molar-refractivity contribution in [2.45, 2.75) is 12.7 Å². The summed E-state index contributed by atoms with van der Waals surface area (Å²) in [5.41, 5.74) is 4.01. The molecule has 0 fully saturated rings. The van der Waals surface area contributed by atoms with Gasteiger partial charge in [0.25, 0.3) is 0 Å². The van der Waals surface area contributed by atoms with Gasteiger partial charge in [-0.25, -0.2) is 14.4 Å². The predicted molar refractivity (Wildman–Crippen MR) is 110 cm³/mol. The zero-order valence-corrected chi connectivity index (χ0v) is 15.8. The first kappa shape index (κ1) is 18.2. The third kappa shape index (κ3) is 3.36. The van der Waals surface area contributed by atoms with E-state index in [0.717, 1.165) is 16.8 Å². The molecule has 2 aromatic carbocycles. The van der Waals surface area contributed by atoms with Crippen molar-refractivity contribution in [1.82, 2.24) is 9.97 Å². The molecule has 0 saturated carbocycles. The number of hydrogen-bond donors (Lipinski definition) is 3. The molecule has 0 amide bonds. The molecule has 8 heteroatoms. The van der Waals surface area contributed by atoms with Crippen LogP contribution in [0.4, 0.5) is 21.6 Å². The molecule has 1 aromatic heterocycles. The third-order valence-corrected chi connectivity index (χ3v) is 4.92. The van der Waals surface area contributed by atoms with Crippen LogP contribution in [0.2, 0.25) is 5.28 Å². The summed E-state index contributed by atoms with van der Waals surface area (Å²) in [5.74, 6) is 0.264. The molecule has 28 heavy (non-hydrogen) atoms. The van der Waals surface area contributed by atoms with Gasteiger partial charge in [0.2, 0.25) is 5.28 Å². The largest absolute Gasteiger partial charge is 0.365 e. The second kappa shape index (κ2) is 7.44. The van der Waals surface area contributed by atoms with Crippen molar-refractivity contribution < 1.29 is 4.39 Å². The molecular weight excluding hydrogens is 379 g/mol. The molecule has 3 aromatic rings. The Balaban J connectivity index is 1.47. The third-order valence-electron chi connectivity index (χ3n) is 4.74. The van der Waals surface area contributed by atoms with Crippen LogP contribution in [0.25, 0.3) is 0 Å². The number of halogens is 2. The highest BCUT2D eigenvalue weighted by atomic mass is 35.5. The second-order valence-corrected chi connectivity index (χ2v) is 6.81. The van der Waals surface area contributed by atoms with Gasteiger partial charge in [0.15, 0.2) is 0 Å². The molecule has 4 rings (SSSR count). The SMILES string of the molecule is CN1c2cccc(F)c2NC1c1ccc(CNc2nc(Cl)ncc2C=N)cc1. The van der Waals surface area contributed by atoms with Crippen molar-refractivity contribution in [2.75, 3.05) is 22.6 Å². The summed E-state index contributed by atoms with van der Waals surface area (Å²) in [6, 6.07) is 13.1. The fraction of sp³-hybridized carbons (Fsp3) is 0.150. The van der Waals surface area contributed by atoms with E-state index in [1.54, 1.807) is 6.07 Å². The van der Waals surface area contributed by atoms with Gasteiger partial charge in [-0.3, -0.25) is 0 Å². The van der Waals surface area contributed by atoms with Gasteiger partial charge in [-0.2, -0.15) is 0 Å². The Morgan fingerprint density at radius 1 is 1.29 bits per heavy atom. The molecule has 2 heterocycles. The predicted octanol–water partition coefficient (Wildman–Crippen LogP) is 4.44. The number of fused-ring (bicyclic) bond motifs is 1. The zero-order valence-electron chi connectivity index (χ0n) is 15.1. The maximum atomic E-state index is 14.0. The number of para-hydroxylation sites is 1. The van der Waals surface area contributed by atoms with Crippen molar-refractivity contribution >= 4 is 35.0 Å². The van der Waals surface area contributed by atoms with E-state index in [-0.39, 0.29) is 17.3 Å². The summed E-state index contributed by atoms with van der Waals surface area (Å²) in [6.07, 6.45) is 2.56. The first-order valence-corrected chi connectivity index (χ1v) is 9.08. The molecule has 0 saturated heterocycles. The van der Waals surface area contributed by atoms with Crippen LogP contribution in [0.3, 0.4) is 0 Å². The van der Waals surface area contributed by atoms with Crippen molar-refractivity contribution in [3.63, 3.8) is 0 Å². The highest BCUT2D eigenvalue weighted by Gasteiger charge is 2.28. The van der Waals surface area contributed by atoms with Crippen LogP contribution in [0.1, 0.15) is 22.9 Å². The lowest BCUT2D eigenvalue weighted by Gasteiger charge is -2.22. The normalized spacial score (nSPS) is 15.1. The van der Waals surface area contributed by atoms with Crippen LogP contribution >= 0.6 is 11.6 Å². The number of nitrogens with one attached hydrogen (secondary N) is 3. The number of anilines is 3. The van der Waals surface area contributed by atoms with E-state index >= 15 is 0 Å². The van der Waals surface area contributed by atoms with E-state index in [1.807, 2.05) is 42.3 Å². The molecule has 0 radical (unpaired) electrons. The van der Waals surface area contributed by atoms with Crippen LogP contribution in [0.5, 0.6) is 0 Å². The Morgan fingerprint density at radius 3 is 2.79 bits per heavy atom. The van der Waals surface area contributed by atoms with E-state index in [9.17, 15) is 4.39 Å². The molecule has 142 valence electrons. The molecule has 3 N–H and O–H groups in total. The van der Waals surface area contributed by atoms with Crippen molar-refractivity contribution in [1.29, 1.82) is 5.41 Å². The topological polar surface area (TPSA) is 76.9 Å². The maximum absolute atomic E-state index is 14.0. The van der Waals surface area contributed by atoms with E-state index in [1.165, 1.54) is 18.5 Å². The first-order chi connectivity index (χ1) is 13.6. The fourth-order valence-corrected chi connectivity index (χ4v) is 3.38. The van der Waals surface area contributed by atoms with Crippen molar-refractivity contribution in [3.8, 4) is 0 Å². The Kier molecular flexibility index (Phi) is 4.83. The van der Waals surface area contributed by atoms with Gasteiger partial charge in [0, 0.05) is 26.0 Å². The van der Waals surface area contributed by atoms with Crippen LogP contribution in [-0.4, -0.2) is 23.2 Å². The minimum absolute atomic E-state index is 0.126. The quantitative estimate of drug-likeness (QED) is 0.439. The lowest BCUT2D eigenvalue weighted by atomic mass is 10.1.